The summed E-state index contributed by atoms with van der Waals surface area (Å²) < 4.78 is 0. The van der Waals surface area contributed by atoms with Gasteiger partial charge < -0.3 is 9.80 Å². The molecule has 2 aliphatic heterocycles. The summed E-state index contributed by atoms with van der Waals surface area (Å²) in [6.07, 6.45) is 2.40. The number of anilines is 2. The molecule has 5 rings (SSSR count). The lowest BCUT2D eigenvalue weighted by Crippen LogP contribution is -2.64. The Labute approximate surface area is 176 Å². The Hall–Kier alpha value is -2.78. The van der Waals surface area contributed by atoms with E-state index in [2.05, 4.69) is 23.1 Å². The number of β-lactam (4-membered cyclic amide) rings is 1. The van der Waals surface area contributed by atoms with Gasteiger partial charge in [0.2, 0.25) is 0 Å². The third kappa shape index (κ3) is 2.84. The zero-order valence-electron chi connectivity index (χ0n) is 16.2. The van der Waals surface area contributed by atoms with E-state index < -0.39 is 4.87 Å². The summed E-state index contributed by atoms with van der Waals surface area (Å²) in [6.45, 7) is 2.09. The van der Waals surface area contributed by atoms with Crippen LogP contribution in [-0.2, 0) is 9.67 Å². The van der Waals surface area contributed by atoms with Gasteiger partial charge in [0, 0.05) is 30.0 Å². The van der Waals surface area contributed by atoms with Crippen LogP contribution in [0.4, 0.5) is 11.4 Å². The van der Waals surface area contributed by atoms with Crippen molar-refractivity contribution in [3.05, 3.63) is 96.1 Å². The van der Waals surface area contributed by atoms with Crippen molar-refractivity contribution in [2.24, 2.45) is 0 Å². The maximum absolute atomic E-state index is 13.5. The molecule has 2 heterocycles. The van der Waals surface area contributed by atoms with Crippen LogP contribution in [0, 0.1) is 0 Å². The largest absolute Gasteiger partial charge is 0.371 e. The first-order valence-electron chi connectivity index (χ1n) is 10.2. The molecule has 3 aromatic carbocycles. The fourth-order valence-electron chi connectivity index (χ4n) is 4.66. The normalized spacial score (nSPS) is 23.9. The van der Waals surface area contributed by atoms with Crippen LogP contribution in [0.15, 0.2) is 84.9 Å². The Kier molecular flexibility index (Phi) is 4.56. The van der Waals surface area contributed by atoms with Crippen molar-refractivity contribution in [3.63, 3.8) is 0 Å². The SMILES string of the molecule is O=C1N(c2ccccc2)C(c2ccccc2N2CCCC2)C1(Cl)c1ccccc1. The second-order valence-corrected chi connectivity index (χ2v) is 8.34. The van der Waals surface area contributed by atoms with E-state index in [1.807, 2.05) is 71.6 Å². The predicted octanol–water partition coefficient (Wildman–Crippen LogP) is 5.51. The number of nitrogens with zero attached hydrogens (tertiary/aromatic N) is 2. The fraction of sp³-hybridized carbons (Fsp3) is 0.240. The van der Waals surface area contributed by atoms with Crippen molar-refractivity contribution in [2.45, 2.75) is 23.8 Å². The van der Waals surface area contributed by atoms with Crippen LogP contribution in [0.5, 0.6) is 0 Å². The highest BCUT2D eigenvalue weighted by atomic mass is 35.5. The molecule has 3 aromatic rings. The predicted molar refractivity (Wildman–Crippen MR) is 119 cm³/mol. The monoisotopic (exact) mass is 402 g/mol. The van der Waals surface area contributed by atoms with Gasteiger partial charge in [-0.2, -0.15) is 0 Å². The number of amides is 1. The number of rotatable bonds is 4. The first-order valence-corrected chi connectivity index (χ1v) is 10.6. The van der Waals surface area contributed by atoms with Crippen LogP contribution in [-0.4, -0.2) is 19.0 Å². The van der Waals surface area contributed by atoms with E-state index in [1.165, 1.54) is 18.5 Å². The van der Waals surface area contributed by atoms with Crippen molar-refractivity contribution in [2.75, 3.05) is 22.9 Å². The summed E-state index contributed by atoms with van der Waals surface area (Å²) in [6, 6.07) is 27.7. The van der Waals surface area contributed by atoms with Gasteiger partial charge in [-0.1, -0.05) is 66.7 Å². The zero-order chi connectivity index (χ0) is 19.8. The van der Waals surface area contributed by atoms with E-state index in [0.29, 0.717) is 0 Å². The first-order chi connectivity index (χ1) is 14.2. The molecular formula is C25H23ClN2O. The van der Waals surface area contributed by atoms with E-state index in [1.54, 1.807) is 0 Å². The van der Waals surface area contributed by atoms with Gasteiger partial charge in [0.05, 0.1) is 6.04 Å². The average molecular weight is 403 g/mol. The summed E-state index contributed by atoms with van der Waals surface area (Å²) in [7, 11) is 0. The summed E-state index contributed by atoms with van der Waals surface area (Å²) in [5.74, 6) is -0.0715. The average Bonchev–Trinajstić information content (AvgIpc) is 3.32. The Balaban J connectivity index is 1.67. The molecule has 0 spiro atoms. The van der Waals surface area contributed by atoms with Gasteiger partial charge in [0.15, 0.2) is 4.87 Å². The highest BCUT2D eigenvalue weighted by Crippen LogP contribution is 2.57. The number of halogens is 1. The smallest absolute Gasteiger partial charge is 0.255 e. The molecular weight excluding hydrogens is 380 g/mol. The van der Waals surface area contributed by atoms with Crippen LogP contribution in [0.2, 0.25) is 0 Å². The summed E-state index contributed by atoms with van der Waals surface area (Å²) in [5, 5.41) is 0. The molecule has 0 bridgehead atoms. The van der Waals surface area contributed by atoms with Crippen molar-refractivity contribution in [1.82, 2.24) is 0 Å². The number of alkyl halides is 1. The number of benzene rings is 3. The Morgan fingerprint density at radius 3 is 2.07 bits per heavy atom. The molecule has 1 amide bonds. The lowest BCUT2D eigenvalue weighted by Gasteiger charge is -2.53. The highest BCUT2D eigenvalue weighted by Gasteiger charge is 2.62. The van der Waals surface area contributed by atoms with E-state index in [-0.39, 0.29) is 11.9 Å². The van der Waals surface area contributed by atoms with Crippen molar-refractivity contribution < 1.29 is 4.79 Å². The molecule has 146 valence electrons. The second-order valence-electron chi connectivity index (χ2n) is 7.74. The van der Waals surface area contributed by atoms with Crippen LogP contribution >= 0.6 is 11.6 Å². The van der Waals surface area contributed by atoms with E-state index in [9.17, 15) is 4.79 Å². The Bertz CT molecular complexity index is 1020. The third-order valence-corrected chi connectivity index (χ3v) is 6.66. The van der Waals surface area contributed by atoms with Gasteiger partial charge in [-0.25, -0.2) is 0 Å². The molecule has 0 aromatic heterocycles. The minimum absolute atomic E-state index is 0.0715. The Morgan fingerprint density at radius 1 is 0.793 bits per heavy atom. The number of para-hydroxylation sites is 2. The van der Waals surface area contributed by atoms with E-state index in [0.717, 1.165) is 29.9 Å². The van der Waals surface area contributed by atoms with Crippen molar-refractivity contribution in [1.29, 1.82) is 0 Å². The van der Waals surface area contributed by atoms with E-state index in [4.69, 9.17) is 11.6 Å². The topological polar surface area (TPSA) is 23.6 Å². The van der Waals surface area contributed by atoms with Gasteiger partial charge in [0.25, 0.3) is 5.91 Å². The molecule has 0 aliphatic carbocycles. The zero-order valence-corrected chi connectivity index (χ0v) is 16.9. The molecule has 2 unspecified atom stereocenters. The number of hydrogen-bond acceptors (Lipinski definition) is 2. The quantitative estimate of drug-likeness (QED) is 0.424. The molecule has 2 saturated heterocycles. The third-order valence-electron chi connectivity index (χ3n) is 6.07. The number of hydrogen-bond donors (Lipinski definition) is 0. The maximum atomic E-state index is 13.5. The van der Waals surface area contributed by atoms with Crippen molar-refractivity contribution in [3.8, 4) is 0 Å². The molecule has 3 nitrogen and oxygen atoms in total. The summed E-state index contributed by atoms with van der Waals surface area (Å²) in [4.78, 5) is 16.7. The molecule has 29 heavy (non-hydrogen) atoms. The molecule has 2 aliphatic rings. The minimum atomic E-state index is -1.10. The van der Waals surface area contributed by atoms with Crippen molar-refractivity contribution >= 4 is 28.9 Å². The maximum Gasteiger partial charge on any atom is 0.255 e. The lowest BCUT2D eigenvalue weighted by molar-refractivity contribution is -0.128. The lowest BCUT2D eigenvalue weighted by atomic mass is 9.75. The van der Waals surface area contributed by atoms with Crippen LogP contribution in [0.25, 0.3) is 0 Å². The fourth-order valence-corrected chi connectivity index (χ4v) is 5.09. The highest BCUT2D eigenvalue weighted by molar-refractivity contribution is 6.41. The molecule has 2 fully saturated rings. The standard InChI is InChI=1S/C25H23ClN2O/c26-25(19-11-3-1-4-12-19)23(28(24(25)29)20-13-5-2-6-14-20)21-15-7-8-16-22(21)27-17-9-10-18-27/h1-8,11-16,23H,9-10,17-18H2. The van der Waals surface area contributed by atoms with Gasteiger partial charge in [-0.15, -0.1) is 11.6 Å². The minimum Gasteiger partial charge on any atom is -0.371 e. The Morgan fingerprint density at radius 2 is 1.38 bits per heavy atom. The summed E-state index contributed by atoms with van der Waals surface area (Å²) >= 11 is 7.20. The molecule has 0 radical (unpaired) electrons. The van der Waals surface area contributed by atoms with Crippen LogP contribution < -0.4 is 9.80 Å². The molecule has 0 N–H and O–H groups in total. The number of carbonyl (C=O) groups excluding carboxylic acids is 1. The van der Waals surface area contributed by atoms with Gasteiger partial charge in [0.1, 0.15) is 0 Å². The first kappa shape index (κ1) is 18.3. The van der Waals surface area contributed by atoms with Gasteiger partial charge >= 0.3 is 0 Å². The summed E-state index contributed by atoms with van der Waals surface area (Å²) in [5.41, 5.74) is 4.02. The molecule has 2 atom stereocenters. The molecule has 0 saturated carbocycles. The second kappa shape index (κ2) is 7.23. The number of carbonyl (C=O) groups is 1. The van der Waals surface area contributed by atoms with Crippen LogP contribution in [0.3, 0.4) is 0 Å². The van der Waals surface area contributed by atoms with Gasteiger partial charge in [-0.3, -0.25) is 4.79 Å². The van der Waals surface area contributed by atoms with Gasteiger partial charge in [-0.05, 0) is 36.6 Å². The van der Waals surface area contributed by atoms with E-state index >= 15 is 0 Å². The van der Waals surface area contributed by atoms with Crippen LogP contribution in [0.1, 0.15) is 30.0 Å². The molecule has 4 heteroatoms.